The van der Waals surface area contributed by atoms with Gasteiger partial charge in [0.05, 0.1) is 0 Å². The lowest BCUT2D eigenvalue weighted by Crippen LogP contribution is -2.46. The average Bonchev–Trinajstić information content (AvgIpc) is 2.35. The Bertz CT molecular complexity index is 415. The summed E-state index contributed by atoms with van der Waals surface area (Å²) < 4.78 is -0.479. The molecule has 1 aromatic carbocycles. The monoisotopic (exact) mass is 265 g/mol. The fourth-order valence-corrected chi connectivity index (χ4v) is 2.30. The second-order valence-corrected chi connectivity index (χ2v) is 6.22. The molecule has 0 aliphatic rings. The molecular weight excluding hydrogens is 246 g/mol. The quantitative estimate of drug-likeness (QED) is 0.830. The van der Waals surface area contributed by atoms with E-state index in [1.807, 2.05) is 56.3 Å². The van der Waals surface area contributed by atoms with Crippen LogP contribution in [0.2, 0.25) is 0 Å². The lowest BCUT2D eigenvalue weighted by molar-refractivity contribution is -0.139. The molecule has 0 spiro atoms. The van der Waals surface area contributed by atoms with Gasteiger partial charge in [0.15, 0.2) is 0 Å². The van der Waals surface area contributed by atoms with E-state index in [4.69, 9.17) is 10.8 Å². The summed E-state index contributed by atoms with van der Waals surface area (Å²) in [6, 6.07) is 9.13. The van der Waals surface area contributed by atoms with Gasteiger partial charge in [0.25, 0.3) is 0 Å². The van der Waals surface area contributed by atoms with Crippen molar-refractivity contribution in [1.82, 2.24) is 0 Å². The Morgan fingerprint density at radius 2 is 2.06 bits per heavy atom. The second kappa shape index (κ2) is 6.61. The number of nitrogens with two attached hydrogens (primary N) is 1. The van der Waals surface area contributed by atoms with Gasteiger partial charge in [-0.2, -0.15) is 0 Å². The third-order valence-corrected chi connectivity index (χ3v) is 4.03. The van der Waals surface area contributed by atoms with Crippen LogP contribution in [0.1, 0.15) is 19.4 Å². The van der Waals surface area contributed by atoms with Crippen molar-refractivity contribution >= 4 is 23.8 Å². The molecule has 0 saturated carbocycles. The van der Waals surface area contributed by atoms with Crippen LogP contribution in [0.25, 0.3) is 6.08 Å². The normalized spacial score (nSPS) is 13.7. The van der Waals surface area contributed by atoms with Crippen molar-refractivity contribution in [2.45, 2.75) is 24.6 Å². The Hall–Kier alpha value is -1.26. The Morgan fingerprint density at radius 1 is 1.44 bits per heavy atom. The highest BCUT2D eigenvalue weighted by molar-refractivity contribution is 8.00. The molecule has 98 valence electrons. The maximum absolute atomic E-state index is 10.8. The summed E-state index contributed by atoms with van der Waals surface area (Å²) in [7, 11) is 0. The van der Waals surface area contributed by atoms with Crippen molar-refractivity contribution in [2.75, 3.05) is 5.75 Å². The van der Waals surface area contributed by atoms with Crippen LogP contribution < -0.4 is 5.73 Å². The molecular formula is C14H19NO2S. The highest BCUT2D eigenvalue weighted by atomic mass is 32.2. The van der Waals surface area contributed by atoms with E-state index in [1.54, 1.807) is 11.8 Å². The van der Waals surface area contributed by atoms with E-state index in [-0.39, 0.29) is 0 Å². The molecule has 0 unspecified atom stereocenters. The Kier molecular flexibility index (Phi) is 5.44. The van der Waals surface area contributed by atoms with Gasteiger partial charge in [-0.05, 0) is 19.4 Å². The van der Waals surface area contributed by atoms with E-state index >= 15 is 0 Å². The van der Waals surface area contributed by atoms with Crippen LogP contribution in [0.5, 0.6) is 0 Å². The first-order valence-corrected chi connectivity index (χ1v) is 6.76. The number of aliphatic carboxylic acids is 1. The molecule has 0 aromatic heterocycles. The van der Waals surface area contributed by atoms with Crippen molar-refractivity contribution in [3.05, 3.63) is 42.0 Å². The van der Waals surface area contributed by atoms with E-state index in [0.29, 0.717) is 0 Å². The van der Waals surface area contributed by atoms with Gasteiger partial charge in [-0.1, -0.05) is 42.5 Å². The van der Waals surface area contributed by atoms with Gasteiger partial charge in [0.2, 0.25) is 0 Å². The molecule has 0 aliphatic heterocycles. The molecule has 1 aromatic rings. The van der Waals surface area contributed by atoms with Crippen LogP contribution in [-0.4, -0.2) is 27.6 Å². The standard InChI is InChI=1S/C14H19NO2S/c1-14(2,12(15)13(16)17)18-10-6-9-11-7-4-3-5-8-11/h3-9,12H,10,15H2,1-2H3,(H,16,17)/b9-6+/t12-/m0/s1. The second-order valence-electron chi connectivity index (χ2n) is 4.54. The van der Waals surface area contributed by atoms with Crippen LogP contribution in [0.15, 0.2) is 36.4 Å². The molecule has 1 atom stereocenters. The average molecular weight is 265 g/mol. The molecule has 4 heteroatoms. The van der Waals surface area contributed by atoms with Gasteiger partial charge in [0, 0.05) is 10.5 Å². The van der Waals surface area contributed by atoms with Crippen LogP contribution in [0, 0.1) is 0 Å². The van der Waals surface area contributed by atoms with E-state index in [9.17, 15) is 4.79 Å². The number of carbonyl (C=O) groups is 1. The number of benzene rings is 1. The zero-order valence-electron chi connectivity index (χ0n) is 10.7. The van der Waals surface area contributed by atoms with E-state index in [1.165, 1.54) is 0 Å². The summed E-state index contributed by atoms with van der Waals surface area (Å²) in [5.74, 6) is -0.220. The minimum Gasteiger partial charge on any atom is -0.480 e. The molecule has 0 aliphatic carbocycles. The summed E-state index contributed by atoms with van der Waals surface area (Å²) in [5.41, 5.74) is 6.78. The lowest BCUT2D eigenvalue weighted by atomic mass is 10.1. The first-order chi connectivity index (χ1) is 8.43. The summed E-state index contributed by atoms with van der Waals surface area (Å²) in [5, 5.41) is 8.90. The summed E-state index contributed by atoms with van der Waals surface area (Å²) in [4.78, 5) is 10.8. The van der Waals surface area contributed by atoms with Gasteiger partial charge >= 0.3 is 5.97 Å². The maximum atomic E-state index is 10.8. The predicted octanol–water partition coefficient (Wildman–Crippen LogP) is 2.62. The van der Waals surface area contributed by atoms with Gasteiger partial charge in [-0.25, -0.2) is 0 Å². The van der Waals surface area contributed by atoms with Crippen LogP contribution in [-0.2, 0) is 4.79 Å². The molecule has 1 rings (SSSR count). The molecule has 0 saturated heterocycles. The third-order valence-electron chi connectivity index (χ3n) is 2.68. The first kappa shape index (κ1) is 14.8. The smallest absolute Gasteiger partial charge is 0.321 e. The molecule has 0 radical (unpaired) electrons. The number of rotatable bonds is 6. The summed E-state index contributed by atoms with van der Waals surface area (Å²) >= 11 is 1.54. The first-order valence-electron chi connectivity index (χ1n) is 5.77. The fraction of sp³-hybridized carbons (Fsp3) is 0.357. The van der Waals surface area contributed by atoms with Crippen LogP contribution in [0.3, 0.4) is 0 Å². The zero-order valence-corrected chi connectivity index (χ0v) is 11.5. The maximum Gasteiger partial charge on any atom is 0.321 e. The molecule has 0 bridgehead atoms. The van der Waals surface area contributed by atoms with Crippen molar-refractivity contribution in [2.24, 2.45) is 5.73 Å². The summed E-state index contributed by atoms with van der Waals surface area (Å²) in [6.07, 6.45) is 4.05. The number of carboxylic acid groups (broad SMARTS) is 1. The molecule has 18 heavy (non-hydrogen) atoms. The largest absolute Gasteiger partial charge is 0.480 e. The summed E-state index contributed by atoms with van der Waals surface area (Å²) in [6.45, 7) is 3.71. The van der Waals surface area contributed by atoms with Gasteiger partial charge in [-0.3, -0.25) is 4.79 Å². The van der Waals surface area contributed by atoms with Gasteiger partial charge < -0.3 is 10.8 Å². The molecule has 3 N–H and O–H groups in total. The SMILES string of the molecule is CC(C)(SC/C=C/c1ccccc1)[C@@H](N)C(=O)O. The fourth-order valence-electron chi connectivity index (χ4n) is 1.40. The molecule has 0 amide bonds. The topological polar surface area (TPSA) is 63.3 Å². The molecule has 0 fully saturated rings. The van der Waals surface area contributed by atoms with Crippen molar-refractivity contribution < 1.29 is 9.90 Å². The minimum atomic E-state index is -0.959. The lowest BCUT2D eigenvalue weighted by Gasteiger charge is -2.27. The van der Waals surface area contributed by atoms with E-state index in [2.05, 4.69) is 0 Å². The molecule has 3 nitrogen and oxygen atoms in total. The minimum absolute atomic E-state index is 0.479. The van der Waals surface area contributed by atoms with Crippen LogP contribution in [0.4, 0.5) is 0 Å². The highest BCUT2D eigenvalue weighted by Crippen LogP contribution is 2.27. The third kappa shape index (κ3) is 4.55. The van der Waals surface area contributed by atoms with Crippen molar-refractivity contribution in [3.63, 3.8) is 0 Å². The van der Waals surface area contributed by atoms with E-state index < -0.39 is 16.8 Å². The van der Waals surface area contributed by atoms with Gasteiger partial charge in [-0.15, -0.1) is 11.8 Å². The molecule has 0 heterocycles. The number of thioether (sulfide) groups is 1. The Morgan fingerprint density at radius 3 is 2.61 bits per heavy atom. The van der Waals surface area contributed by atoms with Crippen molar-refractivity contribution in [3.8, 4) is 0 Å². The highest BCUT2D eigenvalue weighted by Gasteiger charge is 2.31. The van der Waals surface area contributed by atoms with Crippen LogP contribution >= 0.6 is 11.8 Å². The van der Waals surface area contributed by atoms with E-state index in [0.717, 1.165) is 11.3 Å². The Balaban J connectivity index is 2.46. The predicted molar refractivity (Wildman–Crippen MR) is 77.6 cm³/mol. The van der Waals surface area contributed by atoms with Gasteiger partial charge in [0.1, 0.15) is 6.04 Å². The van der Waals surface area contributed by atoms with Crippen molar-refractivity contribution in [1.29, 1.82) is 0 Å². The number of hydrogen-bond donors (Lipinski definition) is 2. The zero-order chi connectivity index (χ0) is 13.6. The number of hydrogen-bond acceptors (Lipinski definition) is 3. The Labute approximate surface area is 112 Å². The number of carboxylic acids is 1.